The number of amides is 2. The van der Waals surface area contributed by atoms with Gasteiger partial charge in [0.05, 0.1) is 34.8 Å². The molecule has 4 aromatic carbocycles. The van der Waals surface area contributed by atoms with Gasteiger partial charge >= 0.3 is 0 Å². The summed E-state index contributed by atoms with van der Waals surface area (Å²) in [5, 5.41) is 3.81. The molecule has 5 rings (SSSR count). The number of hydrogen-bond donors (Lipinski definition) is 1. The van der Waals surface area contributed by atoms with Crippen molar-refractivity contribution in [3.63, 3.8) is 0 Å². The van der Waals surface area contributed by atoms with E-state index in [1.807, 2.05) is 30.3 Å². The van der Waals surface area contributed by atoms with Crippen molar-refractivity contribution in [3.05, 3.63) is 118 Å². The molecule has 49 heavy (non-hydrogen) atoms. The minimum atomic E-state index is -4.34. The Hall–Kier alpha value is -4.25. The summed E-state index contributed by atoms with van der Waals surface area (Å²) in [4.78, 5) is 30.2. The van der Waals surface area contributed by atoms with Gasteiger partial charge in [-0.15, -0.1) is 0 Å². The van der Waals surface area contributed by atoms with E-state index in [1.165, 1.54) is 37.3 Å². The number of nitrogens with zero attached hydrogens (tertiary/aromatic N) is 2. The number of halogens is 2. The van der Waals surface area contributed by atoms with Crippen LogP contribution in [0.1, 0.15) is 36.8 Å². The summed E-state index contributed by atoms with van der Waals surface area (Å²) in [5.41, 5.74) is 1.75. The summed E-state index contributed by atoms with van der Waals surface area (Å²) in [7, 11) is -1.47. The van der Waals surface area contributed by atoms with E-state index in [4.69, 9.17) is 32.7 Å². The van der Waals surface area contributed by atoms with Gasteiger partial charge in [0, 0.05) is 25.1 Å². The number of ether oxygens (including phenoxy) is 2. The number of benzene rings is 4. The molecule has 0 aromatic heterocycles. The second kappa shape index (κ2) is 16.4. The largest absolute Gasteiger partial charge is 0.493 e. The first-order valence-corrected chi connectivity index (χ1v) is 18.2. The minimum absolute atomic E-state index is 0.000973. The molecule has 2 amide bonds. The fourth-order valence-corrected chi connectivity index (χ4v) is 7.73. The van der Waals surface area contributed by atoms with E-state index in [9.17, 15) is 18.0 Å². The van der Waals surface area contributed by atoms with Gasteiger partial charge in [0.2, 0.25) is 11.8 Å². The normalized spacial score (nSPS) is 13.8. The smallest absolute Gasteiger partial charge is 0.264 e. The van der Waals surface area contributed by atoms with Crippen LogP contribution in [0.5, 0.6) is 11.5 Å². The Kier molecular flexibility index (Phi) is 12.1. The molecule has 1 aliphatic carbocycles. The second-order valence-corrected chi connectivity index (χ2v) is 14.5. The van der Waals surface area contributed by atoms with E-state index in [1.54, 1.807) is 48.5 Å². The lowest BCUT2D eigenvalue weighted by Gasteiger charge is -2.34. The average Bonchev–Trinajstić information content (AvgIpc) is 3.63. The van der Waals surface area contributed by atoms with Crippen molar-refractivity contribution in [2.45, 2.75) is 55.6 Å². The zero-order valence-corrected chi connectivity index (χ0v) is 29.7. The van der Waals surface area contributed by atoms with Gasteiger partial charge in [0.15, 0.2) is 11.5 Å². The van der Waals surface area contributed by atoms with Gasteiger partial charge in [0.25, 0.3) is 10.0 Å². The lowest BCUT2D eigenvalue weighted by atomic mass is 10.0. The molecule has 12 heteroatoms. The lowest BCUT2D eigenvalue weighted by Crippen LogP contribution is -2.54. The number of nitrogens with one attached hydrogen (secondary N) is 1. The number of sulfonamides is 1. The number of rotatable bonds is 14. The molecule has 1 aliphatic rings. The van der Waals surface area contributed by atoms with Crippen LogP contribution < -0.4 is 19.1 Å². The van der Waals surface area contributed by atoms with Crippen LogP contribution in [0, 0.1) is 0 Å². The second-order valence-electron chi connectivity index (χ2n) is 11.8. The number of methoxy groups -OCH3 is 2. The molecule has 1 saturated carbocycles. The monoisotopic (exact) mass is 723 g/mol. The Balaban J connectivity index is 1.58. The molecule has 1 N–H and O–H groups in total. The van der Waals surface area contributed by atoms with Crippen LogP contribution in [0.15, 0.2) is 102 Å². The maximum Gasteiger partial charge on any atom is 0.264 e. The summed E-state index contributed by atoms with van der Waals surface area (Å²) in [5.74, 6) is -0.316. The standard InChI is InChI=1S/C37H39Cl2N3O6S/c1-47-34-20-18-30(23-35(34)48-2)49(45,46)42(29-15-7-4-8-16-29)25-36(43)41(24-27-17-19-31(38)32(39)21-27)33(22-26-11-5-3-6-12-26)37(44)40-28-13-9-10-14-28/h3-8,11-12,15-21,23,28,33H,9-10,13-14,22,24-25H2,1-2H3,(H,40,44)/t33-/m1/s1. The highest BCUT2D eigenvalue weighted by Gasteiger charge is 2.36. The third-order valence-corrected chi connectivity index (χ3v) is 11.1. The van der Waals surface area contributed by atoms with Crippen molar-refractivity contribution in [2.75, 3.05) is 25.1 Å². The molecular weight excluding hydrogens is 685 g/mol. The summed E-state index contributed by atoms with van der Waals surface area (Å²) in [6.45, 7) is -0.617. The van der Waals surface area contributed by atoms with Crippen LogP contribution in [0.4, 0.5) is 5.69 Å². The molecule has 4 aromatic rings. The Bertz CT molecular complexity index is 1850. The van der Waals surface area contributed by atoms with Crippen molar-refractivity contribution in [2.24, 2.45) is 0 Å². The summed E-state index contributed by atoms with van der Waals surface area (Å²) in [6.07, 6.45) is 3.95. The third-order valence-electron chi connectivity index (χ3n) is 8.58. The van der Waals surface area contributed by atoms with Gasteiger partial charge in [-0.25, -0.2) is 8.42 Å². The van der Waals surface area contributed by atoms with E-state index in [0.29, 0.717) is 21.4 Å². The first-order chi connectivity index (χ1) is 23.6. The predicted octanol–water partition coefficient (Wildman–Crippen LogP) is 6.90. The van der Waals surface area contributed by atoms with E-state index in [0.717, 1.165) is 35.6 Å². The Morgan fingerprint density at radius 3 is 2.10 bits per heavy atom. The highest BCUT2D eigenvalue weighted by Crippen LogP contribution is 2.33. The van der Waals surface area contributed by atoms with Crippen molar-refractivity contribution in [1.82, 2.24) is 10.2 Å². The molecule has 0 saturated heterocycles. The SMILES string of the molecule is COc1ccc(S(=O)(=O)N(CC(=O)N(Cc2ccc(Cl)c(Cl)c2)[C@H](Cc2ccccc2)C(=O)NC2CCCC2)c2ccccc2)cc1OC. The maximum absolute atomic E-state index is 14.7. The van der Waals surface area contributed by atoms with Crippen LogP contribution in [0.25, 0.3) is 0 Å². The zero-order chi connectivity index (χ0) is 35.0. The van der Waals surface area contributed by atoms with Crippen LogP contribution in [0.3, 0.4) is 0 Å². The Morgan fingerprint density at radius 1 is 0.816 bits per heavy atom. The topological polar surface area (TPSA) is 105 Å². The average molecular weight is 725 g/mol. The summed E-state index contributed by atoms with van der Waals surface area (Å²) >= 11 is 12.6. The van der Waals surface area contributed by atoms with Crippen molar-refractivity contribution >= 4 is 50.7 Å². The zero-order valence-electron chi connectivity index (χ0n) is 27.4. The molecule has 0 spiro atoms. The molecular formula is C37H39Cl2N3O6S. The minimum Gasteiger partial charge on any atom is -0.493 e. The van der Waals surface area contributed by atoms with Crippen LogP contribution in [0.2, 0.25) is 10.0 Å². The molecule has 1 fully saturated rings. The predicted molar refractivity (Wildman–Crippen MR) is 192 cm³/mol. The first kappa shape index (κ1) is 36.0. The molecule has 0 unspecified atom stereocenters. The first-order valence-electron chi connectivity index (χ1n) is 16.0. The van der Waals surface area contributed by atoms with E-state index >= 15 is 0 Å². The maximum atomic E-state index is 14.7. The van der Waals surface area contributed by atoms with Gasteiger partial charge in [-0.05, 0) is 60.4 Å². The quantitative estimate of drug-likeness (QED) is 0.152. The number of para-hydroxylation sites is 1. The van der Waals surface area contributed by atoms with Crippen LogP contribution >= 0.6 is 23.2 Å². The number of anilines is 1. The number of carbonyl (C=O) groups is 2. The Labute approximate surface area is 297 Å². The molecule has 0 aliphatic heterocycles. The molecule has 0 bridgehead atoms. The van der Waals surface area contributed by atoms with Crippen LogP contribution in [-0.2, 0) is 32.6 Å². The van der Waals surface area contributed by atoms with Gasteiger partial charge in [-0.3, -0.25) is 13.9 Å². The van der Waals surface area contributed by atoms with Gasteiger partial charge in [-0.2, -0.15) is 0 Å². The van der Waals surface area contributed by atoms with Gasteiger partial charge in [0.1, 0.15) is 12.6 Å². The van der Waals surface area contributed by atoms with Gasteiger partial charge < -0.3 is 19.7 Å². The highest BCUT2D eigenvalue weighted by atomic mass is 35.5. The highest BCUT2D eigenvalue weighted by molar-refractivity contribution is 7.92. The van der Waals surface area contributed by atoms with E-state index < -0.39 is 28.5 Å². The van der Waals surface area contributed by atoms with Crippen molar-refractivity contribution in [1.29, 1.82) is 0 Å². The lowest BCUT2D eigenvalue weighted by molar-refractivity contribution is -0.140. The van der Waals surface area contributed by atoms with E-state index in [2.05, 4.69) is 5.32 Å². The van der Waals surface area contributed by atoms with Crippen molar-refractivity contribution < 1.29 is 27.5 Å². The fourth-order valence-electron chi connectivity index (χ4n) is 5.98. The fraction of sp³-hybridized carbons (Fsp3) is 0.297. The molecule has 0 heterocycles. The molecule has 0 radical (unpaired) electrons. The third kappa shape index (κ3) is 8.86. The Morgan fingerprint density at radius 2 is 1.47 bits per heavy atom. The van der Waals surface area contributed by atoms with Crippen LogP contribution in [-0.4, -0.2) is 58.0 Å². The number of carbonyl (C=O) groups excluding carboxylic acids is 2. The molecule has 258 valence electrons. The molecule has 9 nitrogen and oxygen atoms in total. The van der Waals surface area contributed by atoms with Gasteiger partial charge in [-0.1, -0.05) is 90.6 Å². The summed E-state index contributed by atoms with van der Waals surface area (Å²) in [6, 6.07) is 26.1. The number of hydrogen-bond acceptors (Lipinski definition) is 6. The summed E-state index contributed by atoms with van der Waals surface area (Å²) < 4.78 is 40.5. The van der Waals surface area contributed by atoms with E-state index in [-0.39, 0.29) is 41.2 Å². The molecule has 1 atom stereocenters. The van der Waals surface area contributed by atoms with Crippen molar-refractivity contribution in [3.8, 4) is 11.5 Å².